The van der Waals surface area contributed by atoms with Gasteiger partial charge in [-0.1, -0.05) is 0 Å². The van der Waals surface area contributed by atoms with Crippen LogP contribution in [0, 0.1) is 0 Å². The molecule has 0 aromatic carbocycles. The first kappa shape index (κ1) is 15.8. The Morgan fingerprint density at radius 2 is 1.61 bits per heavy atom. The summed E-state index contributed by atoms with van der Waals surface area (Å²) in [6.45, 7) is 12.1. The lowest BCUT2D eigenvalue weighted by Gasteiger charge is -2.39. The minimum Gasteiger partial charge on any atom is -0.329 e. The van der Waals surface area contributed by atoms with Crippen molar-refractivity contribution in [3.05, 3.63) is 0 Å². The second-order valence-electron chi connectivity index (χ2n) is 4.98. The second-order valence-corrected chi connectivity index (χ2v) is 4.98. The lowest BCUT2D eigenvalue weighted by Crippen LogP contribution is -2.57. The average Bonchev–Trinajstić information content (AvgIpc) is 2.38. The molecule has 0 aliphatic carbocycles. The minimum atomic E-state index is 0.177. The summed E-state index contributed by atoms with van der Waals surface area (Å²) in [7, 11) is 0. The predicted octanol–water partition coefficient (Wildman–Crippen LogP) is -1.61. The summed E-state index contributed by atoms with van der Waals surface area (Å²) in [4.78, 5) is 4.80. The van der Waals surface area contributed by atoms with E-state index in [1.165, 1.54) is 0 Å². The van der Waals surface area contributed by atoms with E-state index < -0.39 is 0 Å². The van der Waals surface area contributed by atoms with Gasteiger partial charge >= 0.3 is 0 Å². The van der Waals surface area contributed by atoms with E-state index >= 15 is 0 Å². The Hall–Kier alpha value is -0.240. The normalized spacial score (nSPS) is 22.0. The van der Waals surface area contributed by atoms with Gasteiger partial charge < -0.3 is 22.1 Å². The van der Waals surface area contributed by atoms with Gasteiger partial charge in [-0.05, 0) is 13.8 Å². The second kappa shape index (κ2) is 8.79. The smallest absolute Gasteiger partial charge is 0.0569 e. The van der Waals surface area contributed by atoms with Crippen molar-refractivity contribution >= 4 is 0 Å². The van der Waals surface area contributed by atoms with Crippen LogP contribution in [-0.2, 0) is 0 Å². The minimum absolute atomic E-state index is 0.177. The molecule has 1 saturated heterocycles. The third-order valence-corrected chi connectivity index (χ3v) is 3.54. The number of nitrogens with two attached hydrogens (primary N) is 2. The van der Waals surface area contributed by atoms with Crippen LogP contribution < -0.4 is 22.1 Å². The highest BCUT2D eigenvalue weighted by Crippen LogP contribution is 2.05. The zero-order chi connectivity index (χ0) is 13.4. The van der Waals surface area contributed by atoms with Crippen molar-refractivity contribution in [3.8, 4) is 0 Å². The molecule has 1 fully saturated rings. The van der Waals surface area contributed by atoms with Gasteiger partial charge in [0.15, 0.2) is 0 Å². The fraction of sp³-hybridized carbons (Fsp3) is 1.00. The van der Waals surface area contributed by atoms with Crippen LogP contribution in [0.3, 0.4) is 0 Å². The standard InChI is InChI=1S/C12H30N6/c1-11(14)17-7-9-18(10-8-17)12(2)16-6-5-15-4-3-13/h11-12,15-16H,3-10,13-14H2,1-2H3. The van der Waals surface area contributed by atoms with Gasteiger partial charge in [0.2, 0.25) is 0 Å². The molecule has 0 saturated carbocycles. The lowest BCUT2D eigenvalue weighted by atomic mass is 10.2. The first-order valence-electron chi connectivity index (χ1n) is 7.03. The predicted molar refractivity (Wildman–Crippen MR) is 76.2 cm³/mol. The molecule has 2 atom stereocenters. The van der Waals surface area contributed by atoms with E-state index in [0.29, 0.717) is 12.7 Å². The van der Waals surface area contributed by atoms with Crippen molar-refractivity contribution in [2.75, 3.05) is 52.4 Å². The molecule has 0 aromatic rings. The van der Waals surface area contributed by atoms with Crippen LogP contribution in [0.5, 0.6) is 0 Å². The van der Waals surface area contributed by atoms with Crippen molar-refractivity contribution in [1.29, 1.82) is 0 Å². The van der Waals surface area contributed by atoms with Gasteiger partial charge in [0.1, 0.15) is 0 Å². The molecule has 18 heavy (non-hydrogen) atoms. The molecule has 1 aliphatic heterocycles. The van der Waals surface area contributed by atoms with Crippen LogP contribution in [0.4, 0.5) is 0 Å². The van der Waals surface area contributed by atoms with Crippen LogP contribution in [-0.4, -0.2) is 74.5 Å². The molecular formula is C12H30N6. The number of hydrogen-bond donors (Lipinski definition) is 4. The van der Waals surface area contributed by atoms with Gasteiger partial charge in [-0.2, -0.15) is 0 Å². The highest BCUT2D eigenvalue weighted by molar-refractivity contribution is 4.76. The molecule has 0 amide bonds. The highest BCUT2D eigenvalue weighted by atomic mass is 15.3. The average molecular weight is 258 g/mol. The molecule has 1 aliphatic rings. The molecule has 6 N–H and O–H groups in total. The number of nitrogens with one attached hydrogen (secondary N) is 2. The first-order valence-corrected chi connectivity index (χ1v) is 7.03. The zero-order valence-corrected chi connectivity index (χ0v) is 11.9. The van der Waals surface area contributed by atoms with Gasteiger partial charge in [-0.15, -0.1) is 0 Å². The van der Waals surface area contributed by atoms with Crippen molar-refractivity contribution in [2.24, 2.45) is 11.5 Å². The van der Waals surface area contributed by atoms with Crippen molar-refractivity contribution in [2.45, 2.75) is 26.2 Å². The SMILES string of the molecule is CC(N)N1CCN(C(C)NCCNCCN)CC1. The Morgan fingerprint density at radius 1 is 1.00 bits per heavy atom. The molecular weight excluding hydrogens is 228 g/mol. The fourth-order valence-electron chi connectivity index (χ4n) is 2.26. The summed E-state index contributed by atoms with van der Waals surface area (Å²) in [6.07, 6.45) is 0.607. The van der Waals surface area contributed by atoms with Crippen LogP contribution in [0.2, 0.25) is 0 Å². The summed E-state index contributed by atoms with van der Waals surface area (Å²) < 4.78 is 0. The summed E-state index contributed by atoms with van der Waals surface area (Å²) in [6, 6.07) is 0. The van der Waals surface area contributed by atoms with E-state index in [0.717, 1.165) is 45.8 Å². The van der Waals surface area contributed by atoms with E-state index in [1.54, 1.807) is 0 Å². The first-order chi connectivity index (χ1) is 8.65. The maximum Gasteiger partial charge on any atom is 0.0569 e. The molecule has 6 nitrogen and oxygen atoms in total. The summed E-state index contributed by atoms with van der Waals surface area (Å²) in [5, 5.41) is 6.81. The third kappa shape index (κ3) is 5.60. The molecule has 0 spiro atoms. The molecule has 6 heteroatoms. The number of piperazine rings is 1. The molecule has 0 aromatic heterocycles. The maximum absolute atomic E-state index is 5.89. The quantitative estimate of drug-likeness (QED) is 0.392. The zero-order valence-electron chi connectivity index (χ0n) is 11.9. The van der Waals surface area contributed by atoms with Crippen LogP contribution in [0.15, 0.2) is 0 Å². The Morgan fingerprint density at radius 3 is 2.17 bits per heavy atom. The Kier molecular flexibility index (Phi) is 7.73. The number of nitrogens with zero attached hydrogens (tertiary/aromatic N) is 2. The monoisotopic (exact) mass is 258 g/mol. The molecule has 0 bridgehead atoms. The largest absolute Gasteiger partial charge is 0.329 e. The molecule has 108 valence electrons. The van der Waals surface area contributed by atoms with E-state index in [4.69, 9.17) is 11.5 Å². The van der Waals surface area contributed by atoms with Gasteiger partial charge in [0.25, 0.3) is 0 Å². The number of hydrogen-bond acceptors (Lipinski definition) is 6. The lowest BCUT2D eigenvalue weighted by molar-refractivity contribution is 0.0697. The van der Waals surface area contributed by atoms with Crippen LogP contribution in [0.25, 0.3) is 0 Å². The third-order valence-electron chi connectivity index (χ3n) is 3.54. The van der Waals surface area contributed by atoms with Crippen molar-refractivity contribution in [1.82, 2.24) is 20.4 Å². The van der Waals surface area contributed by atoms with E-state index in [2.05, 4.69) is 34.3 Å². The van der Waals surface area contributed by atoms with E-state index in [9.17, 15) is 0 Å². The van der Waals surface area contributed by atoms with Gasteiger partial charge in [0, 0.05) is 52.4 Å². The molecule has 0 radical (unpaired) electrons. The number of rotatable bonds is 8. The molecule has 1 rings (SSSR count). The molecule has 2 unspecified atom stereocenters. The maximum atomic E-state index is 5.89. The van der Waals surface area contributed by atoms with Crippen molar-refractivity contribution < 1.29 is 0 Å². The topological polar surface area (TPSA) is 82.6 Å². The Labute approximate surface area is 111 Å². The van der Waals surface area contributed by atoms with E-state index in [1.807, 2.05) is 0 Å². The van der Waals surface area contributed by atoms with Crippen LogP contribution in [0.1, 0.15) is 13.8 Å². The molecule has 1 heterocycles. The van der Waals surface area contributed by atoms with Crippen molar-refractivity contribution in [3.63, 3.8) is 0 Å². The van der Waals surface area contributed by atoms with Gasteiger partial charge in [0.05, 0.1) is 12.3 Å². The highest BCUT2D eigenvalue weighted by Gasteiger charge is 2.21. The van der Waals surface area contributed by atoms with E-state index in [-0.39, 0.29) is 6.17 Å². The Balaban J connectivity index is 2.10. The summed E-state index contributed by atoms with van der Waals surface area (Å²) in [5.74, 6) is 0. The van der Waals surface area contributed by atoms with Gasteiger partial charge in [-0.25, -0.2) is 0 Å². The summed E-state index contributed by atoms with van der Waals surface area (Å²) in [5.41, 5.74) is 11.3. The Bertz CT molecular complexity index is 203. The van der Waals surface area contributed by atoms with Crippen LogP contribution >= 0.6 is 0 Å². The fourth-order valence-corrected chi connectivity index (χ4v) is 2.26. The van der Waals surface area contributed by atoms with Gasteiger partial charge in [-0.3, -0.25) is 9.80 Å². The summed E-state index contributed by atoms with van der Waals surface area (Å²) >= 11 is 0.